The molecule has 1 aliphatic rings. The van der Waals surface area contributed by atoms with Gasteiger partial charge in [-0.05, 0) is 55.9 Å². The van der Waals surface area contributed by atoms with Gasteiger partial charge in [-0.25, -0.2) is 0 Å². The van der Waals surface area contributed by atoms with Gasteiger partial charge in [0.2, 0.25) is 5.91 Å². The fourth-order valence-corrected chi connectivity index (χ4v) is 4.64. The Bertz CT molecular complexity index is 1150. The number of aromatic nitrogens is 1. The lowest BCUT2D eigenvalue weighted by molar-refractivity contribution is -0.132. The molecule has 2 heterocycles. The zero-order valence-electron chi connectivity index (χ0n) is 19.5. The highest BCUT2D eigenvalue weighted by Crippen LogP contribution is 2.32. The molecule has 1 atom stereocenters. The van der Waals surface area contributed by atoms with Gasteiger partial charge in [0.15, 0.2) is 0 Å². The molecule has 2 aromatic carbocycles. The van der Waals surface area contributed by atoms with Gasteiger partial charge in [0.05, 0.1) is 6.54 Å². The molecule has 0 aliphatic carbocycles. The molecule has 1 unspecified atom stereocenters. The molecule has 0 saturated carbocycles. The number of nitrogens with one attached hydrogen (secondary N) is 1. The van der Waals surface area contributed by atoms with E-state index in [4.69, 9.17) is 0 Å². The van der Waals surface area contributed by atoms with E-state index in [0.717, 1.165) is 17.3 Å². The van der Waals surface area contributed by atoms with Crippen LogP contribution in [0.1, 0.15) is 48.8 Å². The minimum atomic E-state index is -0.953. The van der Waals surface area contributed by atoms with Crippen LogP contribution in [0, 0.1) is 12.8 Å². The summed E-state index contributed by atoms with van der Waals surface area (Å²) in [5, 5.41) is 4.14. The van der Waals surface area contributed by atoms with Gasteiger partial charge in [0.1, 0.15) is 11.2 Å². The van der Waals surface area contributed by atoms with Crippen LogP contribution >= 0.6 is 0 Å². The standard InChI is InChI=1S/C27H33N3O2/c1-19(2)13-15-28-26(32)27(4)18-29-23-12-8-7-11-22(23)17-24(29)25(31)30(27)16-14-21-10-6-5-9-20(21)3/h5-12,17,19H,13-16,18H2,1-4H3,(H,28,32). The number of hydrogen-bond acceptors (Lipinski definition) is 2. The molecule has 0 saturated heterocycles. The quantitative estimate of drug-likeness (QED) is 0.596. The van der Waals surface area contributed by atoms with Crippen LogP contribution in [0.4, 0.5) is 0 Å². The second kappa shape index (κ2) is 8.81. The van der Waals surface area contributed by atoms with E-state index in [-0.39, 0.29) is 11.8 Å². The molecule has 4 rings (SSSR count). The van der Waals surface area contributed by atoms with Crippen LogP contribution in [0.3, 0.4) is 0 Å². The van der Waals surface area contributed by atoms with Gasteiger partial charge in [-0.2, -0.15) is 0 Å². The monoisotopic (exact) mass is 431 g/mol. The number of rotatable bonds is 7. The average molecular weight is 432 g/mol. The Morgan fingerprint density at radius 3 is 2.59 bits per heavy atom. The summed E-state index contributed by atoms with van der Waals surface area (Å²) >= 11 is 0. The summed E-state index contributed by atoms with van der Waals surface area (Å²) in [6, 6.07) is 18.2. The van der Waals surface area contributed by atoms with E-state index < -0.39 is 5.54 Å². The van der Waals surface area contributed by atoms with E-state index in [1.54, 1.807) is 4.90 Å². The van der Waals surface area contributed by atoms with Crippen molar-refractivity contribution in [1.82, 2.24) is 14.8 Å². The zero-order chi connectivity index (χ0) is 22.9. The molecule has 0 fully saturated rings. The Hall–Kier alpha value is -3.08. The number of benzene rings is 2. The van der Waals surface area contributed by atoms with Crippen LogP contribution in [0.5, 0.6) is 0 Å². The summed E-state index contributed by atoms with van der Waals surface area (Å²) in [7, 11) is 0. The Balaban J connectivity index is 1.69. The third-order valence-electron chi connectivity index (χ3n) is 6.70. The highest BCUT2D eigenvalue weighted by molar-refractivity contribution is 6.03. The Morgan fingerprint density at radius 1 is 1.12 bits per heavy atom. The second-order valence-electron chi connectivity index (χ2n) is 9.52. The number of nitrogens with zero attached hydrogens (tertiary/aromatic N) is 2. The van der Waals surface area contributed by atoms with Gasteiger partial charge in [0, 0.05) is 24.0 Å². The van der Waals surface area contributed by atoms with Gasteiger partial charge in [0.25, 0.3) is 5.91 Å². The smallest absolute Gasteiger partial charge is 0.271 e. The van der Waals surface area contributed by atoms with Crippen LogP contribution in [-0.4, -0.2) is 39.9 Å². The number of hydrogen-bond donors (Lipinski definition) is 1. The SMILES string of the molecule is Cc1ccccc1CCN1C(=O)c2cc3ccccc3n2CC1(C)C(=O)NCCC(C)C. The Labute approximate surface area is 190 Å². The molecule has 168 valence electrons. The third kappa shape index (κ3) is 4.04. The van der Waals surface area contributed by atoms with E-state index in [0.29, 0.717) is 37.7 Å². The fraction of sp³-hybridized carbons (Fsp3) is 0.407. The van der Waals surface area contributed by atoms with Crippen LogP contribution in [0.2, 0.25) is 0 Å². The molecule has 0 spiro atoms. The summed E-state index contributed by atoms with van der Waals surface area (Å²) < 4.78 is 2.02. The van der Waals surface area contributed by atoms with Crippen molar-refractivity contribution in [2.75, 3.05) is 13.1 Å². The van der Waals surface area contributed by atoms with Crippen LogP contribution in [-0.2, 0) is 17.8 Å². The first kappa shape index (κ1) is 22.1. The molecule has 1 aliphatic heterocycles. The highest BCUT2D eigenvalue weighted by Gasteiger charge is 2.47. The van der Waals surface area contributed by atoms with Crippen LogP contribution < -0.4 is 5.32 Å². The summed E-state index contributed by atoms with van der Waals surface area (Å²) in [4.78, 5) is 29.0. The number of aryl methyl sites for hydroxylation is 1. The lowest BCUT2D eigenvalue weighted by Gasteiger charge is -2.44. The van der Waals surface area contributed by atoms with Crippen molar-refractivity contribution in [3.8, 4) is 0 Å². The van der Waals surface area contributed by atoms with Crippen molar-refractivity contribution in [1.29, 1.82) is 0 Å². The van der Waals surface area contributed by atoms with Crippen molar-refractivity contribution < 1.29 is 9.59 Å². The van der Waals surface area contributed by atoms with E-state index in [1.807, 2.05) is 54.0 Å². The number of carbonyl (C=O) groups is 2. The highest BCUT2D eigenvalue weighted by atomic mass is 16.2. The largest absolute Gasteiger partial charge is 0.354 e. The normalized spacial score (nSPS) is 18.3. The van der Waals surface area contributed by atoms with Crippen molar-refractivity contribution in [3.05, 3.63) is 71.4 Å². The van der Waals surface area contributed by atoms with Crippen molar-refractivity contribution in [2.24, 2.45) is 5.92 Å². The summed E-state index contributed by atoms with van der Waals surface area (Å²) in [6.07, 6.45) is 1.63. The molecule has 1 N–H and O–H groups in total. The van der Waals surface area contributed by atoms with E-state index in [1.165, 1.54) is 11.1 Å². The van der Waals surface area contributed by atoms with Gasteiger partial charge >= 0.3 is 0 Å². The van der Waals surface area contributed by atoms with E-state index in [2.05, 4.69) is 38.2 Å². The van der Waals surface area contributed by atoms with Crippen molar-refractivity contribution >= 4 is 22.7 Å². The molecular formula is C27H33N3O2. The minimum Gasteiger partial charge on any atom is -0.354 e. The molecule has 32 heavy (non-hydrogen) atoms. The molecular weight excluding hydrogens is 398 g/mol. The zero-order valence-corrected chi connectivity index (χ0v) is 19.5. The predicted molar refractivity (Wildman–Crippen MR) is 129 cm³/mol. The fourth-order valence-electron chi connectivity index (χ4n) is 4.64. The van der Waals surface area contributed by atoms with Gasteiger partial charge in [-0.15, -0.1) is 0 Å². The average Bonchev–Trinajstić information content (AvgIpc) is 3.13. The number of fused-ring (bicyclic) bond motifs is 3. The molecule has 5 heteroatoms. The summed E-state index contributed by atoms with van der Waals surface area (Å²) in [6.45, 7) is 9.84. The van der Waals surface area contributed by atoms with Crippen LogP contribution in [0.15, 0.2) is 54.6 Å². The van der Waals surface area contributed by atoms with Crippen molar-refractivity contribution in [3.63, 3.8) is 0 Å². The van der Waals surface area contributed by atoms with E-state index >= 15 is 0 Å². The van der Waals surface area contributed by atoms with Crippen LogP contribution in [0.25, 0.3) is 10.9 Å². The molecule has 0 bridgehead atoms. The second-order valence-corrected chi connectivity index (χ2v) is 9.52. The third-order valence-corrected chi connectivity index (χ3v) is 6.70. The first-order valence-corrected chi connectivity index (χ1v) is 11.5. The minimum absolute atomic E-state index is 0.0810. The molecule has 5 nitrogen and oxygen atoms in total. The number of para-hydroxylation sites is 1. The lowest BCUT2D eigenvalue weighted by atomic mass is 9.93. The summed E-state index contributed by atoms with van der Waals surface area (Å²) in [5.41, 5.74) is 3.10. The first-order chi connectivity index (χ1) is 15.3. The number of amides is 2. The lowest BCUT2D eigenvalue weighted by Crippen LogP contribution is -2.64. The molecule has 1 aromatic heterocycles. The summed E-state index contributed by atoms with van der Waals surface area (Å²) in [5.74, 6) is 0.343. The number of carbonyl (C=O) groups excluding carboxylic acids is 2. The Kier molecular flexibility index (Phi) is 6.09. The Morgan fingerprint density at radius 2 is 1.84 bits per heavy atom. The molecule has 2 amide bonds. The van der Waals surface area contributed by atoms with Gasteiger partial charge in [-0.1, -0.05) is 56.3 Å². The van der Waals surface area contributed by atoms with Gasteiger partial charge < -0.3 is 14.8 Å². The van der Waals surface area contributed by atoms with E-state index in [9.17, 15) is 9.59 Å². The van der Waals surface area contributed by atoms with Crippen molar-refractivity contribution in [2.45, 2.75) is 52.6 Å². The first-order valence-electron chi connectivity index (χ1n) is 11.5. The maximum Gasteiger partial charge on any atom is 0.271 e. The molecule has 3 aromatic rings. The maximum absolute atomic E-state index is 13.7. The molecule has 0 radical (unpaired) electrons. The van der Waals surface area contributed by atoms with Gasteiger partial charge in [-0.3, -0.25) is 9.59 Å². The maximum atomic E-state index is 13.7. The topological polar surface area (TPSA) is 54.3 Å². The predicted octanol–water partition coefficient (Wildman–Crippen LogP) is 4.57.